The van der Waals surface area contributed by atoms with E-state index >= 15 is 0 Å². The monoisotopic (exact) mass is 315 g/mol. The molecule has 1 aromatic carbocycles. The molecule has 1 aliphatic heterocycles. The van der Waals surface area contributed by atoms with Gasteiger partial charge in [-0.05, 0) is 24.6 Å². The third kappa shape index (κ3) is 3.35. The number of benzene rings is 1. The smallest absolute Gasteiger partial charge is 0.309 e. The zero-order valence-corrected chi connectivity index (χ0v) is 12.1. The number of halogens is 1. The van der Waals surface area contributed by atoms with Crippen molar-refractivity contribution in [2.75, 3.05) is 13.2 Å². The van der Waals surface area contributed by atoms with E-state index in [4.69, 9.17) is 9.68 Å². The van der Waals surface area contributed by atoms with Crippen LogP contribution in [0.3, 0.4) is 0 Å². The Hall–Kier alpha value is -2.79. The van der Waals surface area contributed by atoms with Crippen LogP contribution in [-0.2, 0) is 0 Å². The molecule has 0 unspecified atom stereocenters. The summed E-state index contributed by atoms with van der Waals surface area (Å²) in [6, 6.07) is 8.28. The number of alkyl halides is 1. The first-order valence-electron chi connectivity index (χ1n) is 7.14. The van der Waals surface area contributed by atoms with E-state index in [1.165, 1.54) is 0 Å². The average molecular weight is 315 g/mol. The van der Waals surface area contributed by atoms with Crippen LogP contribution in [-0.4, -0.2) is 41.4 Å². The number of amides is 1. The second-order valence-corrected chi connectivity index (χ2v) is 5.27. The predicted octanol–water partition coefficient (Wildman–Crippen LogP) is 1.04. The van der Waals surface area contributed by atoms with E-state index in [2.05, 4.69) is 20.8 Å². The maximum absolute atomic E-state index is 12.5. The lowest BCUT2D eigenvalue weighted by atomic mass is 10.1. The summed E-state index contributed by atoms with van der Waals surface area (Å²) in [4.78, 5) is 12.1. The Kier molecular flexibility index (Phi) is 4.30. The molecule has 2 aromatic rings. The van der Waals surface area contributed by atoms with Crippen LogP contribution < -0.4 is 10.6 Å². The van der Waals surface area contributed by atoms with Crippen molar-refractivity contribution in [3.05, 3.63) is 35.7 Å². The zero-order chi connectivity index (χ0) is 16.2. The fourth-order valence-corrected chi connectivity index (χ4v) is 2.45. The van der Waals surface area contributed by atoms with Gasteiger partial charge in [-0.3, -0.25) is 4.79 Å². The Morgan fingerprint density at radius 2 is 2.39 bits per heavy atom. The van der Waals surface area contributed by atoms with Crippen molar-refractivity contribution in [3.63, 3.8) is 0 Å². The van der Waals surface area contributed by atoms with Crippen LogP contribution in [0.4, 0.5) is 4.39 Å². The van der Waals surface area contributed by atoms with Gasteiger partial charge in [-0.15, -0.1) is 10.2 Å². The van der Waals surface area contributed by atoms with Crippen LogP contribution in [0.15, 0.2) is 28.7 Å². The highest BCUT2D eigenvalue weighted by atomic mass is 19.1. The molecule has 1 aliphatic rings. The second kappa shape index (κ2) is 6.54. The van der Waals surface area contributed by atoms with Gasteiger partial charge in [0.2, 0.25) is 5.89 Å². The molecule has 1 aromatic heterocycles. The third-order valence-electron chi connectivity index (χ3n) is 3.60. The maximum Gasteiger partial charge on any atom is 0.309 e. The van der Waals surface area contributed by atoms with Gasteiger partial charge in [0.1, 0.15) is 6.67 Å². The maximum atomic E-state index is 12.5. The summed E-state index contributed by atoms with van der Waals surface area (Å²) >= 11 is 0. The van der Waals surface area contributed by atoms with Crippen molar-refractivity contribution in [2.45, 2.75) is 18.5 Å². The van der Waals surface area contributed by atoms with Crippen LogP contribution in [0, 0.1) is 11.3 Å². The van der Waals surface area contributed by atoms with E-state index in [9.17, 15) is 9.18 Å². The molecule has 1 fully saturated rings. The standard InChI is InChI=1S/C15H14FN5O2/c16-6-11-5-12(8-18-11)19-13(22)15-21-20-14(23-15)10-3-1-2-9(4-10)7-17/h1-4,11-12,18H,5-6,8H2,(H,19,22)/t11-,12+/m0/s1. The number of hydrogen-bond donors (Lipinski definition) is 2. The van der Waals surface area contributed by atoms with Crippen LogP contribution in [0.2, 0.25) is 0 Å². The van der Waals surface area contributed by atoms with E-state index in [0.29, 0.717) is 24.1 Å². The second-order valence-electron chi connectivity index (χ2n) is 5.27. The van der Waals surface area contributed by atoms with Crippen molar-refractivity contribution in [3.8, 4) is 17.5 Å². The minimum absolute atomic E-state index is 0.161. The average Bonchev–Trinajstić information content (AvgIpc) is 3.24. The molecule has 2 heterocycles. The molecular formula is C15H14FN5O2. The number of rotatable bonds is 4. The molecular weight excluding hydrogens is 301 g/mol. The first-order chi connectivity index (χ1) is 11.2. The number of hydrogen-bond acceptors (Lipinski definition) is 6. The highest BCUT2D eigenvalue weighted by Crippen LogP contribution is 2.19. The third-order valence-corrected chi connectivity index (χ3v) is 3.60. The van der Waals surface area contributed by atoms with Crippen molar-refractivity contribution in [2.24, 2.45) is 0 Å². The van der Waals surface area contributed by atoms with Gasteiger partial charge in [0.05, 0.1) is 11.6 Å². The van der Waals surface area contributed by atoms with Crippen LogP contribution in [0.5, 0.6) is 0 Å². The molecule has 0 spiro atoms. The Balaban J connectivity index is 1.69. The number of carbonyl (C=O) groups is 1. The van der Waals surface area contributed by atoms with Crippen molar-refractivity contribution in [1.82, 2.24) is 20.8 Å². The molecule has 0 saturated carbocycles. The molecule has 1 amide bonds. The number of nitrogens with one attached hydrogen (secondary N) is 2. The Morgan fingerprint density at radius 1 is 1.52 bits per heavy atom. The number of carbonyl (C=O) groups excluding carboxylic acids is 1. The first-order valence-corrected chi connectivity index (χ1v) is 7.14. The van der Waals surface area contributed by atoms with E-state index < -0.39 is 12.6 Å². The van der Waals surface area contributed by atoms with Gasteiger partial charge < -0.3 is 15.1 Å². The normalized spacial score (nSPS) is 20.2. The lowest BCUT2D eigenvalue weighted by molar-refractivity contribution is 0.0905. The van der Waals surface area contributed by atoms with Crippen LogP contribution >= 0.6 is 0 Å². The molecule has 0 radical (unpaired) electrons. The van der Waals surface area contributed by atoms with Gasteiger partial charge in [0, 0.05) is 24.2 Å². The molecule has 23 heavy (non-hydrogen) atoms. The summed E-state index contributed by atoms with van der Waals surface area (Å²) in [7, 11) is 0. The van der Waals surface area contributed by atoms with E-state index in [1.807, 2.05) is 6.07 Å². The topological polar surface area (TPSA) is 104 Å². The van der Waals surface area contributed by atoms with Gasteiger partial charge in [-0.1, -0.05) is 6.07 Å². The number of aromatic nitrogens is 2. The minimum atomic E-state index is -0.494. The SMILES string of the molecule is N#Cc1cccc(-c2nnc(C(=O)N[C@H]3CN[C@H](CF)C3)o2)c1. The predicted molar refractivity (Wildman–Crippen MR) is 78.1 cm³/mol. The quantitative estimate of drug-likeness (QED) is 0.873. The fraction of sp³-hybridized carbons (Fsp3) is 0.333. The van der Waals surface area contributed by atoms with Gasteiger partial charge in [0.25, 0.3) is 0 Å². The summed E-state index contributed by atoms with van der Waals surface area (Å²) < 4.78 is 17.9. The Morgan fingerprint density at radius 3 is 3.13 bits per heavy atom. The molecule has 0 bridgehead atoms. The van der Waals surface area contributed by atoms with Crippen molar-refractivity contribution in [1.29, 1.82) is 5.26 Å². The molecule has 2 atom stereocenters. The van der Waals surface area contributed by atoms with Gasteiger partial charge in [0.15, 0.2) is 0 Å². The van der Waals surface area contributed by atoms with Gasteiger partial charge in [-0.2, -0.15) is 5.26 Å². The summed E-state index contributed by atoms with van der Waals surface area (Å²) in [5.41, 5.74) is 1.02. The fourth-order valence-electron chi connectivity index (χ4n) is 2.45. The van der Waals surface area contributed by atoms with E-state index in [-0.39, 0.29) is 23.9 Å². The lowest BCUT2D eigenvalue weighted by Gasteiger charge is -2.08. The van der Waals surface area contributed by atoms with Crippen LogP contribution in [0.25, 0.3) is 11.5 Å². The highest BCUT2D eigenvalue weighted by Gasteiger charge is 2.27. The Bertz CT molecular complexity index is 754. The Labute approximate surface area is 131 Å². The highest BCUT2D eigenvalue weighted by molar-refractivity contribution is 5.90. The van der Waals surface area contributed by atoms with E-state index in [1.54, 1.807) is 24.3 Å². The number of nitrogens with zero attached hydrogens (tertiary/aromatic N) is 3. The minimum Gasteiger partial charge on any atom is -0.412 e. The molecule has 3 rings (SSSR count). The molecule has 0 aliphatic carbocycles. The summed E-state index contributed by atoms with van der Waals surface area (Å²) in [6.07, 6.45) is 0.521. The summed E-state index contributed by atoms with van der Waals surface area (Å²) in [6.45, 7) is 0.0395. The molecule has 1 saturated heterocycles. The molecule has 7 nitrogen and oxygen atoms in total. The summed E-state index contributed by atoms with van der Waals surface area (Å²) in [5.74, 6) is -0.490. The van der Waals surface area contributed by atoms with Gasteiger partial charge >= 0.3 is 11.8 Å². The van der Waals surface area contributed by atoms with Gasteiger partial charge in [-0.25, -0.2) is 4.39 Å². The zero-order valence-electron chi connectivity index (χ0n) is 12.1. The molecule has 2 N–H and O–H groups in total. The number of nitriles is 1. The molecule has 118 valence electrons. The molecule has 8 heteroatoms. The van der Waals surface area contributed by atoms with Crippen molar-refractivity contribution >= 4 is 5.91 Å². The first kappa shape index (κ1) is 15.1. The summed E-state index contributed by atoms with van der Waals surface area (Å²) in [5, 5.41) is 22.1. The van der Waals surface area contributed by atoms with Crippen LogP contribution in [0.1, 0.15) is 22.7 Å². The largest absolute Gasteiger partial charge is 0.412 e. The van der Waals surface area contributed by atoms with Crippen molar-refractivity contribution < 1.29 is 13.6 Å². The van der Waals surface area contributed by atoms with E-state index in [0.717, 1.165) is 0 Å². The lowest BCUT2D eigenvalue weighted by Crippen LogP contribution is -2.36.